The van der Waals surface area contributed by atoms with Crippen molar-refractivity contribution < 1.29 is 4.79 Å². The maximum absolute atomic E-state index is 11.9. The minimum absolute atomic E-state index is 0.111. The Labute approximate surface area is 177 Å². The third kappa shape index (κ3) is 3.50. The van der Waals surface area contributed by atoms with Crippen molar-refractivity contribution in [1.29, 1.82) is 0 Å². The van der Waals surface area contributed by atoms with Gasteiger partial charge in [-0.1, -0.05) is 6.07 Å². The van der Waals surface area contributed by atoms with E-state index < -0.39 is 0 Å². The highest BCUT2D eigenvalue weighted by Crippen LogP contribution is 2.34. The van der Waals surface area contributed by atoms with Gasteiger partial charge in [0, 0.05) is 50.6 Å². The summed E-state index contributed by atoms with van der Waals surface area (Å²) in [6, 6.07) is 10.8. The van der Waals surface area contributed by atoms with E-state index >= 15 is 0 Å². The van der Waals surface area contributed by atoms with Crippen LogP contribution in [-0.2, 0) is 17.8 Å². The first-order chi connectivity index (χ1) is 14.6. The van der Waals surface area contributed by atoms with E-state index in [-0.39, 0.29) is 5.91 Å². The predicted molar refractivity (Wildman–Crippen MR) is 120 cm³/mol. The van der Waals surface area contributed by atoms with Gasteiger partial charge in [-0.05, 0) is 68.2 Å². The van der Waals surface area contributed by atoms with E-state index in [0.29, 0.717) is 0 Å². The van der Waals surface area contributed by atoms with Gasteiger partial charge in [-0.3, -0.25) is 9.69 Å². The number of carbonyl (C=O) groups is 1. The zero-order valence-electron chi connectivity index (χ0n) is 17.8. The van der Waals surface area contributed by atoms with E-state index in [1.807, 2.05) is 4.90 Å². The summed E-state index contributed by atoms with van der Waals surface area (Å²) < 4.78 is 2.25. The van der Waals surface area contributed by atoms with E-state index in [9.17, 15) is 4.79 Å². The molecule has 30 heavy (non-hydrogen) atoms. The summed E-state index contributed by atoms with van der Waals surface area (Å²) in [4.78, 5) is 21.4. The summed E-state index contributed by atoms with van der Waals surface area (Å²) in [7, 11) is 0. The zero-order valence-corrected chi connectivity index (χ0v) is 17.8. The Hall–Kier alpha value is -2.70. The Morgan fingerprint density at radius 2 is 2.03 bits per heavy atom. The van der Waals surface area contributed by atoms with Gasteiger partial charge in [0.15, 0.2) is 0 Å². The van der Waals surface area contributed by atoms with Crippen LogP contribution in [0.5, 0.6) is 0 Å². The number of anilines is 1. The quantitative estimate of drug-likeness (QED) is 0.730. The minimum Gasteiger partial charge on any atom is -0.315 e. The van der Waals surface area contributed by atoms with Crippen molar-refractivity contribution in [2.75, 3.05) is 37.6 Å². The van der Waals surface area contributed by atoms with Crippen LogP contribution in [0.3, 0.4) is 0 Å². The number of rotatable bonds is 3. The highest BCUT2D eigenvalue weighted by Gasteiger charge is 2.24. The molecule has 5 rings (SSSR count). The Bertz CT molecular complexity index is 1090. The molecule has 1 N–H and O–H groups in total. The molecule has 0 aliphatic carbocycles. The lowest BCUT2D eigenvalue weighted by molar-refractivity contribution is -0.116. The summed E-state index contributed by atoms with van der Waals surface area (Å²) in [5, 5.41) is 3.49. The van der Waals surface area contributed by atoms with Crippen LogP contribution in [0.25, 0.3) is 16.9 Å². The number of hydrogen-bond donors (Lipinski definition) is 1. The van der Waals surface area contributed by atoms with Crippen molar-refractivity contribution in [3.8, 4) is 11.3 Å². The largest absolute Gasteiger partial charge is 0.315 e. The second kappa shape index (κ2) is 7.85. The predicted octanol–water partition coefficient (Wildman–Crippen LogP) is 3.01. The van der Waals surface area contributed by atoms with Crippen molar-refractivity contribution in [3.05, 3.63) is 53.3 Å². The maximum Gasteiger partial charge on any atom is 0.223 e. The minimum atomic E-state index is 0.111. The molecule has 0 radical (unpaired) electrons. The number of aryl methyl sites for hydroxylation is 1. The fourth-order valence-electron chi connectivity index (χ4n) is 4.73. The summed E-state index contributed by atoms with van der Waals surface area (Å²) in [5.74, 6) is 0.111. The first-order valence-corrected chi connectivity index (χ1v) is 10.9. The lowest BCUT2D eigenvalue weighted by Crippen LogP contribution is -2.28. The monoisotopic (exact) mass is 403 g/mol. The number of imidazole rings is 1. The average molecular weight is 404 g/mol. The van der Waals surface area contributed by atoms with Crippen molar-refractivity contribution >= 4 is 17.2 Å². The Balaban J connectivity index is 1.57. The lowest BCUT2D eigenvalue weighted by Gasteiger charge is -2.20. The molecule has 6 nitrogen and oxygen atoms in total. The molecule has 0 unspecified atom stereocenters. The lowest BCUT2D eigenvalue weighted by atomic mass is 10.0. The first kappa shape index (κ1) is 19.3. The summed E-state index contributed by atoms with van der Waals surface area (Å²) in [6.07, 6.45) is 4.23. The molecule has 1 saturated heterocycles. The number of aromatic nitrogens is 2. The van der Waals surface area contributed by atoms with Crippen molar-refractivity contribution in [2.24, 2.45) is 0 Å². The molecular weight excluding hydrogens is 374 g/mol. The Morgan fingerprint density at radius 1 is 1.13 bits per heavy atom. The smallest absolute Gasteiger partial charge is 0.223 e. The van der Waals surface area contributed by atoms with Crippen LogP contribution in [0.15, 0.2) is 36.5 Å². The molecule has 156 valence electrons. The second-order valence-corrected chi connectivity index (χ2v) is 8.48. The van der Waals surface area contributed by atoms with Gasteiger partial charge >= 0.3 is 0 Å². The van der Waals surface area contributed by atoms with Gasteiger partial charge < -0.3 is 14.6 Å². The van der Waals surface area contributed by atoms with Crippen LogP contribution in [0.1, 0.15) is 30.2 Å². The number of amides is 1. The Kier molecular flexibility index (Phi) is 5.05. The number of fused-ring (bicyclic) bond motifs is 2. The van der Waals surface area contributed by atoms with Crippen LogP contribution in [-0.4, -0.2) is 52.9 Å². The standard InChI is InChI=1S/C24H29N5O/c1-17-6-11-29-22(16-27-10-3-8-25-9-13-27)24(26-23(29)14-17)20-4-5-21-19(15-20)7-12-28(21)18(2)30/h4-6,11,14-15,25H,3,7-10,12-13,16H2,1-2H3. The molecule has 1 fully saturated rings. The Morgan fingerprint density at radius 3 is 2.90 bits per heavy atom. The molecule has 2 aliphatic rings. The van der Waals surface area contributed by atoms with Crippen LogP contribution < -0.4 is 10.2 Å². The van der Waals surface area contributed by atoms with Gasteiger partial charge in [0.1, 0.15) is 5.65 Å². The molecule has 0 bridgehead atoms. The first-order valence-electron chi connectivity index (χ1n) is 10.9. The second-order valence-electron chi connectivity index (χ2n) is 8.48. The van der Waals surface area contributed by atoms with Gasteiger partial charge in [0.2, 0.25) is 5.91 Å². The molecule has 6 heteroatoms. The van der Waals surface area contributed by atoms with E-state index in [2.05, 4.69) is 58.1 Å². The maximum atomic E-state index is 11.9. The van der Waals surface area contributed by atoms with E-state index in [1.54, 1.807) is 6.92 Å². The van der Waals surface area contributed by atoms with E-state index in [0.717, 1.165) is 68.3 Å². The van der Waals surface area contributed by atoms with Crippen LogP contribution >= 0.6 is 0 Å². The van der Waals surface area contributed by atoms with Gasteiger partial charge in [-0.15, -0.1) is 0 Å². The number of benzene rings is 1. The van der Waals surface area contributed by atoms with Gasteiger partial charge in [0.05, 0.1) is 11.4 Å². The molecule has 0 spiro atoms. The summed E-state index contributed by atoms with van der Waals surface area (Å²) in [6.45, 7) is 9.68. The molecule has 2 aliphatic heterocycles. The van der Waals surface area contributed by atoms with Crippen LogP contribution in [0, 0.1) is 6.92 Å². The van der Waals surface area contributed by atoms with Gasteiger partial charge in [0.25, 0.3) is 0 Å². The fraction of sp³-hybridized carbons (Fsp3) is 0.417. The molecular formula is C24H29N5O. The molecule has 0 atom stereocenters. The number of pyridine rings is 1. The highest BCUT2D eigenvalue weighted by atomic mass is 16.2. The van der Waals surface area contributed by atoms with Crippen molar-refractivity contribution in [3.63, 3.8) is 0 Å². The van der Waals surface area contributed by atoms with Gasteiger partial charge in [-0.2, -0.15) is 0 Å². The average Bonchev–Trinajstić information content (AvgIpc) is 3.20. The van der Waals surface area contributed by atoms with E-state index in [1.165, 1.54) is 23.2 Å². The van der Waals surface area contributed by atoms with Crippen molar-refractivity contribution in [2.45, 2.75) is 33.2 Å². The molecule has 4 heterocycles. The number of nitrogens with zero attached hydrogens (tertiary/aromatic N) is 4. The molecule has 1 amide bonds. The van der Waals surface area contributed by atoms with Crippen LogP contribution in [0.4, 0.5) is 5.69 Å². The topological polar surface area (TPSA) is 52.9 Å². The third-order valence-corrected chi connectivity index (χ3v) is 6.32. The fourth-order valence-corrected chi connectivity index (χ4v) is 4.73. The normalized spacial score (nSPS) is 17.3. The third-order valence-electron chi connectivity index (χ3n) is 6.32. The summed E-state index contributed by atoms with van der Waals surface area (Å²) in [5.41, 5.74) is 7.94. The number of hydrogen-bond acceptors (Lipinski definition) is 4. The van der Waals surface area contributed by atoms with Crippen molar-refractivity contribution in [1.82, 2.24) is 19.6 Å². The number of carbonyl (C=O) groups excluding carboxylic acids is 1. The van der Waals surface area contributed by atoms with E-state index in [4.69, 9.17) is 4.98 Å². The van der Waals surface area contributed by atoms with Crippen LogP contribution in [0.2, 0.25) is 0 Å². The highest BCUT2D eigenvalue weighted by molar-refractivity contribution is 5.94. The number of nitrogens with one attached hydrogen (secondary N) is 1. The summed E-state index contributed by atoms with van der Waals surface area (Å²) >= 11 is 0. The molecule has 0 saturated carbocycles. The molecule has 1 aromatic carbocycles. The molecule has 3 aromatic rings. The zero-order chi connectivity index (χ0) is 20.7. The molecule has 2 aromatic heterocycles. The SMILES string of the molecule is CC(=O)N1CCc2cc(-c3nc4cc(C)ccn4c3CN3CCCNCC3)ccc21. The van der Waals surface area contributed by atoms with Gasteiger partial charge in [-0.25, -0.2) is 4.98 Å².